The fourth-order valence-corrected chi connectivity index (χ4v) is 1.05. The maximum atomic E-state index is 9.75. The first-order valence-corrected chi connectivity index (χ1v) is 4.38. The van der Waals surface area contributed by atoms with E-state index in [1.165, 1.54) is 0 Å². The molecule has 4 heteroatoms. The quantitative estimate of drug-likeness (QED) is 0.429. The molecule has 4 nitrogen and oxygen atoms in total. The van der Waals surface area contributed by atoms with Crippen LogP contribution in [-0.4, -0.2) is 29.6 Å². The fraction of sp³-hybridized carbons (Fsp3) is 1.00. The lowest BCUT2D eigenvalue weighted by Gasteiger charge is -2.41. The summed E-state index contributed by atoms with van der Waals surface area (Å²) in [5.74, 6) is -0.906. The minimum atomic E-state index is -0.987. The number of nitrogens with two attached hydrogens (primary N) is 1. The summed E-state index contributed by atoms with van der Waals surface area (Å²) in [5.41, 5.74) is 4.94. The summed E-state index contributed by atoms with van der Waals surface area (Å²) in [6.07, 6.45) is 0. The van der Waals surface area contributed by atoms with E-state index in [9.17, 15) is 5.11 Å². The molecule has 0 radical (unpaired) electrons. The maximum Gasteiger partial charge on any atom is 0.150 e. The van der Waals surface area contributed by atoms with E-state index in [1.54, 1.807) is 13.8 Å². The summed E-state index contributed by atoms with van der Waals surface area (Å²) >= 11 is 0. The van der Waals surface area contributed by atoms with Gasteiger partial charge in [0, 0.05) is 0 Å². The third-order valence-electron chi connectivity index (χ3n) is 1.88. The van der Waals surface area contributed by atoms with Crippen LogP contribution in [0.1, 0.15) is 27.7 Å². The van der Waals surface area contributed by atoms with Gasteiger partial charge in [0.05, 0.1) is 0 Å². The number of aliphatic hydroxyl groups is 1. The SMILES string of the molecule is CCNC(N)(NCC)C(C)(C)O. The lowest BCUT2D eigenvalue weighted by molar-refractivity contribution is -0.0365. The van der Waals surface area contributed by atoms with Gasteiger partial charge >= 0.3 is 0 Å². The van der Waals surface area contributed by atoms with Gasteiger partial charge in [-0.3, -0.25) is 16.4 Å². The molecular formula is C8H21N3O. The van der Waals surface area contributed by atoms with Gasteiger partial charge in [0.15, 0.2) is 0 Å². The van der Waals surface area contributed by atoms with Crippen LogP contribution < -0.4 is 16.4 Å². The van der Waals surface area contributed by atoms with Crippen molar-refractivity contribution in [3.63, 3.8) is 0 Å². The van der Waals surface area contributed by atoms with E-state index >= 15 is 0 Å². The third-order valence-corrected chi connectivity index (χ3v) is 1.88. The molecular weight excluding hydrogens is 154 g/mol. The van der Waals surface area contributed by atoms with Gasteiger partial charge in [-0.2, -0.15) is 0 Å². The van der Waals surface area contributed by atoms with Crippen molar-refractivity contribution in [2.24, 2.45) is 5.73 Å². The lowest BCUT2D eigenvalue weighted by atomic mass is 10.00. The average Bonchev–Trinajstić information content (AvgIpc) is 1.86. The van der Waals surface area contributed by atoms with Gasteiger partial charge in [0.25, 0.3) is 0 Å². The number of nitrogens with one attached hydrogen (secondary N) is 2. The van der Waals surface area contributed by atoms with Crippen LogP contribution in [0, 0.1) is 0 Å². The molecule has 0 aromatic carbocycles. The predicted octanol–water partition coefficient (Wildman–Crippen LogP) is -0.411. The average molecular weight is 175 g/mol. The van der Waals surface area contributed by atoms with E-state index in [2.05, 4.69) is 10.6 Å². The topological polar surface area (TPSA) is 70.3 Å². The van der Waals surface area contributed by atoms with E-state index in [0.717, 1.165) is 0 Å². The highest BCUT2D eigenvalue weighted by atomic mass is 16.3. The van der Waals surface area contributed by atoms with Gasteiger partial charge in [0.1, 0.15) is 11.4 Å². The van der Waals surface area contributed by atoms with E-state index in [0.29, 0.717) is 13.1 Å². The van der Waals surface area contributed by atoms with Crippen LogP contribution in [0.3, 0.4) is 0 Å². The van der Waals surface area contributed by atoms with E-state index < -0.39 is 11.4 Å². The van der Waals surface area contributed by atoms with Crippen molar-refractivity contribution in [2.45, 2.75) is 39.1 Å². The van der Waals surface area contributed by atoms with E-state index in [4.69, 9.17) is 5.73 Å². The van der Waals surface area contributed by atoms with Crippen molar-refractivity contribution in [1.82, 2.24) is 10.6 Å². The van der Waals surface area contributed by atoms with Crippen LogP contribution in [0.25, 0.3) is 0 Å². The summed E-state index contributed by atoms with van der Waals surface area (Å²) in [4.78, 5) is 0. The monoisotopic (exact) mass is 175 g/mol. The van der Waals surface area contributed by atoms with Gasteiger partial charge in [-0.15, -0.1) is 0 Å². The molecule has 74 valence electrons. The third kappa shape index (κ3) is 2.71. The van der Waals surface area contributed by atoms with Gasteiger partial charge in [-0.05, 0) is 26.9 Å². The van der Waals surface area contributed by atoms with Gasteiger partial charge in [-0.1, -0.05) is 13.8 Å². The van der Waals surface area contributed by atoms with E-state index in [1.807, 2.05) is 13.8 Å². The molecule has 0 rings (SSSR count). The molecule has 0 aliphatic rings. The Morgan fingerprint density at radius 2 is 1.50 bits per heavy atom. The van der Waals surface area contributed by atoms with Crippen LogP contribution in [0.15, 0.2) is 0 Å². The molecule has 0 aliphatic carbocycles. The van der Waals surface area contributed by atoms with Crippen molar-refractivity contribution in [3.05, 3.63) is 0 Å². The Morgan fingerprint density at radius 1 is 1.17 bits per heavy atom. The maximum absolute atomic E-state index is 9.75. The first-order valence-electron chi connectivity index (χ1n) is 4.38. The number of likely N-dealkylation sites (N-methyl/N-ethyl adjacent to an activating group) is 2. The Labute approximate surface area is 74.5 Å². The molecule has 0 saturated heterocycles. The minimum absolute atomic E-state index is 0.716. The highest BCUT2D eigenvalue weighted by Crippen LogP contribution is 2.12. The predicted molar refractivity (Wildman–Crippen MR) is 50.6 cm³/mol. The Hall–Kier alpha value is -0.160. The van der Waals surface area contributed by atoms with Crippen molar-refractivity contribution in [2.75, 3.05) is 13.1 Å². The smallest absolute Gasteiger partial charge is 0.150 e. The normalized spacial score (nSPS) is 13.5. The Morgan fingerprint density at radius 3 is 1.67 bits per heavy atom. The Bertz CT molecular complexity index is 125. The molecule has 0 bridgehead atoms. The van der Waals surface area contributed by atoms with Crippen LogP contribution in [0.5, 0.6) is 0 Å². The molecule has 0 spiro atoms. The van der Waals surface area contributed by atoms with Gasteiger partial charge in [-0.25, -0.2) is 0 Å². The molecule has 0 aliphatic heterocycles. The molecule has 0 aromatic heterocycles. The Kier molecular flexibility index (Phi) is 4.13. The molecule has 0 fully saturated rings. The summed E-state index contributed by atoms with van der Waals surface area (Å²) < 4.78 is 0. The summed E-state index contributed by atoms with van der Waals surface area (Å²) in [7, 11) is 0. The fourth-order valence-electron chi connectivity index (χ4n) is 1.05. The van der Waals surface area contributed by atoms with Gasteiger partial charge < -0.3 is 5.11 Å². The molecule has 0 heterocycles. The second-order valence-electron chi connectivity index (χ2n) is 3.43. The van der Waals surface area contributed by atoms with Crippen molar-refractivity contribution in [1.29, 1.82) is 0 Å². The molecule has 0 aromatic rings. The number of hydrogen-bond donors (Lipinski definition) is 4. The van der Waals surface area contributed by atoms with Crippen LogP contribution in [0.4, 0.5) is 0 Å². The lowest BCUT2D eigenvalue weighted by Crippen LogP contribution is -2.74. The highest BCUT2D eigenvalue weighted by Gasteiger charge is 2.38. The Balaban J connectivity index is 4.38. The number of rotatable bonds is 5. The van der Waals surface area contributed by atoms with Crippen LogP contribution in [0.2, 0.25) is 0 Å². The molecule has 0 amide bonds. The van der Waals surface area contributed by atoms with Crippen LogP contribution >= 0.6 is 0 Å². The van der Waals surface area contributed by atoms with Crippen molar-refractivity contribution >= 4 is 0 Å². The summed E-state index contributed by atoms with van der Waals surface area (Å²) in [6.45, 7) is 8.69. The number of hydrogen-bond acceptors (Lipinski definition) is 4. The largest absolute Gasteiger partial charge is 0.386 e. The molecule has 0 atom stereocenters. The first-order chi connectivity index (χ1) is 5.37. The van der Waals surface area contributed by atoms with Crippen molar-refractivity contribution in [3.8, 4) is 0 Å². The zero-order valence-electron chi connectivity index (χ0n) is 8.44. The summed E-state index contributed by atoms with van der Waals surface area (Å²) in [5, 5.41) is 15.8. The second-order valence-corrected chi connectivity index (χ2v) is 3.43. The molecule has 0 saturated carbocycles. The summed E-state index contributed by atoms with van der Waals surface area (Å²) in [6, 6.07) is 0. The van der Waals surface area contributed by atoms with Gasteiger partial charge in [0.2, 0.25) is 0 Å². The standard InChI is InChI=1S/C8H21N3O/c1-5-10-8(9,11-6-2)7(3,4)12/h10-12H,5-6,9H2,1-4H3. The first kappa shape index (κ1) is 11.8. The zero-order chi connectivity index (χ0) is 9.83. The van der Waals surface area contributed by atoms with Crippen molar-refractivity contribution < 1.29 is 5.11 Å². The minimum Gasteiger partial charge on any atom is -0.386 e. The highest BCUT2D eigenvalue weighted by molar-refractivity contribution is 4.93. The molecule has 5 N–H and O–H groups in total. The van der Waals surface area contributed by atoms with Crippen LogP contribution in [-0.2, 0) is 0 Å². The van der Waals surface area contributed by atoms with E-state index in [-0.39, 0.29) is 0 Å². The molecule has 12 heavy (non-hydrogen) atoms. The second kappa shape index (κ2) is 4.18. The molecule has 0 unspecified atom stereocenters. The zero-order valence-corrected chi connectivity index (χ0v) is 8.44.